The molecule has 0 spiro atoms. The van der Waals surface area contributed by atoms with Gasteiger partial charge in [0.15, 0.2) is 0 Å². The molecule has 1 saturated carbocycles. The standard InChI is InChI=1S/C17H21ClN2/c18-15-10-11-16(14-9-6-12-19-17(14)15)20-13-7-4-2-1-3-5-8-13/h6,9-13,20H,1-5,7-8H2. The Morgan fingerprint density at radius 1 is 1.00 bits per heavy atom. The first-order chi connectivity index (χ1) is 9.84. The molecule has 0 radical (unpaired) electrons. The van der Waals surface area contributed by atoms with E-state index in [9.17, 15) is 0 Å². The predicted octanol–water partition coefficient (Wildman–Crippen LogP) is 5.41. The zero-order chi connectivity index (χ0) is 13.8. The maximum atomic E-state index is 6.23. The summed E-state index contributed by atoms with van der Waals surface area (Å²) < 4.78 is 0. The van der Waals surface area contributed by atoms with Gasteiger partial charge in [0.25, 0.3) is 0 Å². The summed E-state index contributed by atoms with van der Waals surface area (Å²) in [7, 11) is 0. The number of halogens is 1. The molecule has 0 saturated heterocycles. The Hall–Kier alpha value is -1.28. The van der Waals surface area contributed by atoms with Crippen LogP contribution in [0.4, 0.5) is 5.69 Å². The number of anilines is 1. The Kier molecular flexibility index (Phi) is 4.41. The number of nitrogens with zero attached hydrogens (tertiary/aromatic N) is 1. The van der Waals surface area contributed by atoms with Crippen LogP contribution in [0.25, 0.3) is 10.9 Å². The first kappa shape index (κ1) is 13.7. The normalized spacial score (nSPS) is 17.6. The van der Waals surface area contributed by atoms with Crippen molar-refractivity contribution in [3.63, 3.8) is 0 Å². The molecule has 0 bridgehead atoms. The van der Waals surface area contributed by atoms with Gasteiger partial charge in [-0.1, -0.05) is 43.7 Å². The molecule has 0 amide bonds. The monoisotopic (exact) mass is 288 g/mol. The zero-order valence-electron chi connectivity index (χ0n) is 11.7. The van der Waals surface area contributed by atoms with E-state index in [1.54, 1.807) is 6.20 Å². The van der Waals surface area contributed by atoms with Crippen molar-refractivity contribution >= 4 is 28.2 Å². The lowest BCUT2D eigenvalue weighted by atomic mass is 9.96. The molecule has 3 heteroatoms. The van der Waals surface area contributed by atoms with E-state index in [-0.39, 0.29) is 0 Å². The summed E-state index contributed by atoms with van der Waals surface area (Å²) in [6.07, 6.45) is 11.2. The minimum Gasteiger partial charge on any atom is -0.382 e. The summed E-state index contributed by atoms with van der Waals surface area (Å²) in [6.45, 7) is 0. The van der Waals surface area contributed by atoms with Gasteiger partial charge in [0, 0.05) is 23.3 Å². The lowest BCUT2D eigenvalue weighted by Gasteiger charge is -2.23. The number of hydrogen-bond donors (Lipinski definition) is 1. The highest BCUT2D eigenvalue weighted by atomic mass is 35.5. The van der Waals surface area contributed by atoms with E-state index in [0.717, 1.165) is 15.9 Å². The van der Waals surface area contributed by atoms with Gasteiger partial charge in [-0.2, -0.15) is 0 Å². The van der Waals surface area contributed by atoms with Crippen molar-refractivity contribution in [3.05, 3.63) is 35.5 Å². The number of rotatable bonds is 2. The molecule has 1 aliphatic carbocycles. The van der Waals surface area contributed by atoms with Crippen molar-refractivity contribution in [1.82, 2.24) is 4.98 Å². The molecular formula is C17H21ClN2. The van der Waals surface area contributed by atoms with E-state index in [2.05, 4.69) is 22.4 Å². The molecule has 1 aliphatic rings. The highest BCUT2D eigenvalue weighted by Crippen LogP contribution is 2.30. The van der Waals surface area contributed by atoms with E-state index in [1.165, 1.54) is 50.6 Å². The molecule has 0 aliphatic heterocycles. The number of benzene rings is 1. The Labute approximate surface area is 125 Å². The molecule has 0 atom stereocenters. The van der Waals surface area contributed by atoms with Crippen molar-refractivity contribution in [1.29, 1.82) is 0 Å². The number of nitrogens with one attached hydrogen (secondary N) is 1. The third-order valence-corrected chi connectivity index (χ3v) is 4.49. The molecule has 1 fully saturated rings. The largest absolute Gasteiger partial charge is 0.382 e. The minimum atomic E-state index is 0.583. The van der Waals surface area contributed by atoms with Crippen molar-refractivity contribution < 1.29 is 0 Å². The Balaban J connectivity index is 1.84. The molecule has 0 unspecified atom stereocenters. The van der Waals surface area contributed by atoms with Crippen LogP contribution in [-0.2, 0) is 0 Å². The van der Waals surface area contributed by atoms with Crippen LogP contribution in [-0.4, -0.2) is 11.0 Å². The summed E-state index contributed by atoms with van der Waals surface area (Å²) in [5.74, 6) is 0. The van der Waals surface area contributed by atoms with Crippen LogP contribution in [0.3, 0.4) is 0 Å². The maximum Gasteiger partial charge on any atom is 0.0908 e. The maximum absolute atomic E-state index is 6.23. The minimum absolute atomic E-state index is 0.583. The fourth-order valence-electron chi connectivity index (χ4n) is 3.08. The lowest BCUT2D eigenvalue weighted by Crippen LogP contribution is -2.20. The van der Waals surface area contributed by atoms with Crippen molar-refractivity contribution in [3.8, 4) is 0 Å². The van der Waals surface area contributed by atoms with Crippen LogP contribution < -0.4 is 5.32 Å². The summed E-state index contributed by atoms with van der Waals surface area (Å²) in [4.78, 5) is 4.40. The van der Waals surface area contributed by atoms with Gasteiger partial charge in [0.1, 0.15) is 0 Å². The molecule has 1 aromatic heterocycles. The molecular weight excluding hydrogens is 268 g/mol. The Bertz CT molecular complexity index is 574. The van der Waals surface area contributed by atoms with Crippen LogP contribution in [0, 0.1) is 0 Å². The zero-order valence-corrected chi connectivity index (χ0v) is 12.5. The van der Waals surface area contributed by atoms with E-state index < -0.39 is 0 Å². The van der Waals surface area contributed by atoms with Crippen LogP contribution in [0.2, 0.25) is 5.02 Å². The van der Waals surface area contributed by atoms with Crippen LogP contribution in [0.1, 0.15) is 44.9 Å². The smallest absolute Gasteiger partial charge is 0.0908 e. The molecule has 1 heterocycles. The molecule has 1 aromatic carbocycles. The van der Waals surface area contributed by atoms with E-state index in [0.29, 0.717) is 6.04 Å². The van der Waals surface area contributed by atoms with Gasteiger partial charge in [-0.25, -0.2) is 0 Å². The van der Waals surface area contributed by atoms with Gasteiger partial charge in [0.2, 0.25) is 0 Å². The molecule has 1 N–H and O–H groups in total. The molecule has 106 valence electrons. The number of pyridine rings is 1. The third-order valence-electron chi connectivity index (χ3n) is 4.19. The topological polar surface area (TPSA) is 24.9 Å². The van der Waals surface area contributed by atoms with Gasteiger partial charge in [0.05, 0.1) is 10.5 Å². The Morgan fingerprint density at radius 2 is 1.75 bits per heavy atom. The molecule has 2 nitrogen and oxygen atoms in total. The highest BCUT2D eigenvalue weighted by Gasteiger charge is 2.13. The fourth-order valence-corrected chi connectivity index (χ4v) is 3.30. The SMILES string of the molecule is Clc1ccc(NC2CCCCCCC2)c2cccnc12. The second kappa shape index (κ2) is 6.45. The average molecular weight is 289 g/mol. The van der Waals surface area contributed by atoms with Crippen LogP contribution >= 0.6 is 11.6 Å². The van der Waals surface area contributed by atoms with E-state index in [1.807, 2.05) is 12.1 Å². The summed E-state index contributed by atoms with van der Waals surface area (Å²) in [6, 6.07) is 8.69. The van der Waals surface area contributed by atoms with Crippen LogP contribution in [0.15, 0.2) is 30.5 Å². The second-order valence-electron chi connectivity index (χ2n) is 5.68. The summed E-state index contributed by atoms with van der Waals surface area (Å²) in [5, 5.41) is 5.57. The van der Waals surface area contributed by atoms with E-state index in [4.69, 9.17) is 11.6 Å². The van der Waals surface area contributed by atoms with Crippen molar-refractivity contribution in [2.75, 3.05) is 5.32 Å². The number of aromatic nitrogens is 1. The molecule has 2 aromatic rings. The first-order valence-electron chi connectivity index (χ1n) is 7.64. The van der Waals surface area contributed by atoms with Gasteiger partial charge in [-0.15, -0.1) is 0 Å². The number of hydrogen-bond acceptors (Lipinski definition) is 2. The Morgan fingerprint density at radius 3 is 2.55 bits per heavy atom. The van der Waals surface area contributed by atoms with Crippen LogP contribution in [0.5, 0.6) is 0 Å². The average Bonchev–Trinajstić information content (AvgIpc) is 2.44. The van der Waals surface area contributed by atoms with Gasteiger partial charge >= 0.3 is 0 Å². The molecule has 20 heavy (non-hydrogen) atoms. The highest BCUT2D eigenvalue weighted by molar-refractivity contribution is 6.35. The van der Waals surface area contributed by atoms with Crippen molar-refractivity contribution in [2.24, 2.45) is 0 Å². The fraction of sp³-hybridized carbons (Fsp3) is 0.471. The predicted molar refractivity (Wildman–Crippen MR) is 86.5 cm³/mol. The third kappa shape index (κ3) is 3.06. The van der Waals surface area contributed by atoms with Crippen molar-refractivity contribution in [2.45, 2.75) is 51.0 Å². The summed E-state index contributed by atoms with van der Waals surface area (Å²) in [5.41, 5.74) is 2.06. The van der Waals surface area contributed by atoms with E-state index >= 15 is 0 Å². The van der Waals surface area contributed by atoms with Gasteiger partial charge in [-0.05, 0) is 37.1 Å². The quantitative estimate of drug-likeness (QED) is 0.799. The van der Waals surface area contributed by atoms with Gasteiger partial charge in [-0.3, -0.25) is 4.98 Å². The van der Waals surface area contributed by atoms with Gasteiger partial charge < -0.3 is 5.32 Å². The lowest BCUT2D eigenvalue weighted by molar-refractivity contribution is 0.471. The first-order valence-corrected chi connectivity index (χ1v) is 8.02. The molecule has 3 rings (SSSR count). The summed E-state index contributed by atoms with van der Waals surface area (Å²) >= 11 is 6.23. The number of fused-ring (bicyclic) bond motifs is 1. The second-order valence-corrected chi connectivity index (χ2v) is 6.09.